The zero-order valence-corrected chi connectivity index (χ0v) is 9.05. The maximum atomic E-state index is 3.83. The van der Waals surface area contributed by atoms with Gasteiger partial charge in [-0.1, -0.05) is 19.8 Å². The van der Waals surface area contributed by atoms with Crippen LogP contribution in [0.1, 0.15) is 52.4 Å². The number of rotatable bonds is 3. The Labute approximate surface area is 82.3 Å². The van der Waals surface area contributed by atoms with Crippen molar-refractivity contribution in [2.24, 2.45) is 11.8 Å². The van der Waals surface area contributed by atoms with Crippen molar-refractivity contribution in [3.63, 3.8) is 0 Å². The molecule has 1 nitrogen and oxygen atoms in total. The fraction of sp³-hybridized carbons (Fsp3) is 1.00. The van der Waals surface area contributed by atoms with E-state index in [9.17, 15) is 0 Å². The lowest BCUT2D eigenvalue weighted by Crippen LogP contribution is -2.44. The van der Waals surface area contributed by atoms with E-state index >= 15 is 0 Å². The molecule has 0 bridgehead atoms. The van der Waals surface area contributed by atoms with Gasteiger partial charge in [-0.2, -0.15) is 0 Å². The minimum Gasteiger partial charge on any atom is -0.311 e. The van der Waals surface area contributed by atoms with Crippen LogP contribution in [0.3, 0.4) is 0 Å². The van der Waals surface area contributed by atoms with E-state index < -0.39 is 0 Å². The molecule has 0 aromatic rings. The Balaban J connectivity index is 1.75. The summed E-state index contributed by atoms with van der Waals surface area (Å²) in [5.41, 5.74) is 0. The molecular weight excluding hydrogens is 158 g/mol. The number of nitrogens with one attached hydrogen (secondary N) is 1. The smallest absolute Gasteiger partial charge is 0.00952 e. The van der Waals surface area contributed by atoms with Crippen LogP contribution in [0.4, 0.5) is 0 Å². The normalized spacial score (nSPS) is 37.4. The first-order valence-electron chi connectivity index (χ1n) is 6.03. The van der Waals surface area contributed by atoms with Crippen molar-refractivity contribution in [2.45, 2.75) is 64.5 Å². The van der Waals surface area contributed by atoms with E-state index in [1.165, 1.54) is 38.5 Å². The molecule has 2 unspecified atom stereocenters. The van der Waals surface area contributed by atoms with Crippen molar-refractivity contribution < 1.29 is 0 Å². The molecule has 0 aromatic carbocycles. The minimum atomic E-state index is 0.777. The van der Waals surface area contributed by atoms with E-state index in [2.05, 4.69) is 19.2 Å². The highest BCUT2D eigenvalue weighted by Gasteiger charge is 2.29. The molecule has 13 heavy (non-hydrogen) atoms. The van der Waals surface area contributed by atoms with Gasteiger partial charge in [-0.25, -0.2) is 0 Å². The van der Waals surface area contributed by atoms with Crippen molar-refractivity contribution in [3.8, 4) is 0 Å². The maximum Gasteiger partial charge on any atom is 0.00952 e. The Morgan fingerprint density at radius 1 is 1.08 bits per heavy atom. The summed E-state index contributed by atoms with van der Waals surface area (Å²) < 4.78 is 0. The molecule has 0 aromatic heterocycles. The summed E-state index contributed by atoms with van der Waals surface area (Å²) >= 11 is 0. The third-order valence-electron chi connectivity index (χ3n) is 4.20. The van der Waals surface area contributed by atoms with E-state index in [0.717, 1.165) is 23.9 Å². The molecule has 0 aliphatic heterocycles. The van der Waals surface area contributed by atoms with Crippen LogP contribution in [0.5, 0.6) is 0 Å². The van der Waals surface area contributed by atoms with E-state index in [0.29, 0.717) is 0 Å². The van der Waals surface area contributed by atoms with Gasteiger partial charge in [-0.05, 0) is 44.4 Å². The molecule has 3 atom stereocenters. The predicted octanol–water partition coefficient (Wildman–Crippen LogP) is 2.95. The first-order valence-corrected chi connectivity index (χ1v) is 6.03. The molecule has 2 aliphatic carbocycles. The van der Waals surface area contributed by atoms with Crippen molar-refractivity contribution >= 4 is 0 Å². The van der Waals surface area contributed by atoms with Crippen molar-refractivity contribution in [2.75, 3.05) is 0 Å². The van der Waals surface area contributed by atoms with E-state index in [1.54, 1.807) is 0 Å². The summed E-state index contributed by atoms with van der Waals surface area (Å²) in [5, 5.41) is 3.83. The van der Waals surface area contributed by atoms with E-state index in [4.69, 9.17) is 0 Å². The largest absolute Gasteiger partial charge is 0.311 e. The van der Waals surface area contributed by atoms with Gasteiger partial charge in [-0.15, -0.1) is 0 Å². The van der Waals surface area contributed by atoms with Gasteiger partial charge in [-0.3, -0.25) is 0 Å². The van der Waals surface area contributed by atoms with Gasteiger partial charge in [0, 0.05) is 12.1 Å². The van der Waals surface area contributed by atoms with Gasteiger partial charge < -0.3 is 5.32 Å². The average Bonchev–Trinajstić information content (AvgIpc) is 2.32. The quantitative estimate of drug-likeness (QED) is 0.706. The second kappa shape index (κ2) is 4.00. The highest BCUT2D eigenvalue weighted by Crippen LogP contribution is 2.31. The third-order valence-corrected chi connectivity index (χ3v) is 4.20. The van der Waals surface area contributed by atoms with Crippen LogP contribution >= 0.6 is 0 Å². The monoisotopic (exact) mass is 181 g/mol. The summed E-state index contributed by atoms with van der Waals surface area (Å²) in [7, 11) is 0. The van der Waals surface area contributed by atoms with Crippen molar-refractivity contribution in [3.05, 3.63) is 0 Å². The van der Waals surface area contributed by atoms with Gasteiger partial charge >= 0.3 is 0 Å². The first kappa shape index (κ1) is 9.51. The summed E-state index contributed by atoms with van der Waals surface area (Å²) in [4.78, 5) is 0. The Kier molecular flexibility index (Phi) is 2.92. The average molecular weight is 181 g/mol. The molecule has 2 fully saturated rings. The summed E-state index contributed by atoms with van der Waals surface area (Å²) in [6, 6.07) is 1.61. The summed E-state index contributed by atoms with van der Waals surface area (Å²) in [6.07, 6.45) is 8.70. The van der Waals surface area contributed by atoms with Crippen molar-refractivity contribution in [1.29, 1.82) is 0 Å². The van der Waals surface area contributed by atoms with Gasteiger partial charge in [0.25, 0.3) is 0 Å². The van der Waals surface area contributed by atoms with Crippen LogP contribution in [-0.2, 0) is 0 Å². The second-order valence-electron chi connectivity index (χ2n) is 5.16. The van der Waals surface area contributed by atoms with Crippen LogP contribution in [0.15, 0.2) is 0 Å². The van der Waals surface area contributed by atoms with Crippen LogP contribution < -0.4 is 5.32 Å². The van der Waals surface area contributed by atoms with Crippen molar-refractivity contribution in [1.82, 2.24) is 5.32 Å². The standard InChI is InChI=1S/C12H23N/c1-9-5-3-8-12(9)13-10(2)11-6-4-7-11/h9-13H,3-8H2,1-2H3/t9?,10-,12?/m1/s1. The van der Waals surface area contributed by atoms with Gasteiger partial charge in [0.2, 0.25) is 0 Å². The lowest BCUT2D eigenvalue weighted by Gasteiger charge is -2.34. The molecule has 0 saturated heterocycles. The fourth-order valence-electron chi connectivity index (χ4n) is 2.81. The van der Waals surface area contributed by atoms with Gasteiger partial charge in [0.1, 0.15) is 0 Å². The molecule has 76 valence electrons. The summed E-state index contributed by atoms with van der Waals surface area (Å²) in [6.45, 7) is 4.78. The molecule has 2 rings (SSSR count). The molecule has 2 saturated carbocycles. The van der Waals surface area contributed by atoms with E-state index in [1.807, 2.05) is 0 Å². The van der Waals surface area contributed by atoms with E-state index in [-0.39, 0.29) is 0 Å². The molecule has 1 N–H and O–H groups in total. The fourth-order valence-corrected chi connectivity index (χ4v) is 2.81. The predicted molar refractivity (Wildman–Crippen MR) is 56.7 cm³/mol. The molecule has 0 spiro atoms. The third kappa shape index (κ3) is 2.07. The zero-order chi connectivity index (χ0) is 9.26. The molecule has 2 aliphatic rings. The SMILES string of the molecule is CC1CCCC1N[C@H](C)C1CCC1. The molecular formula is C12H23N. The molecule has 0 amide bonds. The Morgan fingerprint density at radius 3 is 2.23 bits per heavy atom. The Bertz CT molecular complexity index is 163. The second-order valence-corrected chi connectivity index (χ2v) is 5.16. The van der Waals surface area contributed by atoms with Gasteiger partial charge in [0.15, 0.2) is 0 Å². The van der Waals surface area contributed by atoms with Gasteiger partial charge in [0.05, 0.1) is 0 Å². The zero-order valence-electron chi connectivity index (χ0n) is 9.05. The molecule has 0 heterocycles. The molecule has 0 radical (unpaired) electrons. The number of hydrogen-bond acceptors (Lipinski definition) is 1. The highest BCUT2D eigenvalue weighted by molar-refractivity contribution is 4.86. The first-order chi connectivity index (χ1) is 6.27. The molecule has 1 heteroatoms. The van der Waals surface area contributed by atoms with Crippen LogP contribution in [0.2, 0.25) is 0 Å². The lowest BCUT2D eigenvalue weighted by atomic mass is 9.80. The Hall–Kier alpha value is -0.0400. The topological polar surface area (TPSA) is 12.0 Å². The maximum absolute atomic E-state index is 3.83. The van der Waals surface area contributed by atoms with Crippen LogP contribution in [0, 0.1) is 11.8 Å². The lowest BCUT2D eigenvalue weighted by molar-refractivity contribution is 0.217. The summed E-state index contributed by atoms with van der Waals surface area (Å²) in [5.74, 6) is 1.91. The minimum absolute atomic E-state index is 0.777. The Morgan fingerprint density at radius 2 is 1.77 bits per heavy atom. The highest BCUT2D eigenvalue weighted by atomic mass is 15.0. The van der Waals surface area contributed by atoms with Crippen LogP contribution in [-0.4, -0.2) is 12.1 Å². The number of hydrogen-bond donors (Lipinski definition) is 1. The van der Waals surface area contributed by atoms with Crippen LogP contribution in [0.25, 0.3) is 0 Å².